The van der Waals surface area contributed by atoms with E-state index in [1.807, 2.05) is 6.07 Å². The molecular weight excluding hydrogens is 433 g/mol. The summed E-state index contributed by atoms with van der Waals surface area (Å²) < 4.78 is 10.3. The molecule has 7 nitrogen and oxygen atoms in total. The van der Waals surface area contributed by atoms with Crippen molar-refractivity contribution < 1.29 is 9.26 Å². The van der Waals surface area contributed by atoms with Crippen molar-refractivity contribution >= 4 is 29.9 Å². The van der Waals surface area contributed by atoms with Crippen molar-refractivity contribution in [3.8, 4) is 0 Å². The molecule has 1 unspecified atom stereocenters. The molecule has 8 heteroatoms. The zero-order valence-corrected chi connectivity index (χ0v) is 17.3. The van der Waals surface area contributed by atoms with Gasteiger partial charge in [-0.15, -0.1) is 24.0 Å². The molecule has 3 heterocycles. The van der Waals surface area contributed by atoms with Crippen molar-refractivity contribution in [1.82, 2.24) is 20.7 Å². The van der Waals surface area contributed by atoms with Crippen molar-refractivity contribution in [1.29, 1.82) is 0 Å². The zero-order valence-electron chi connectivity index (χ0n) is 14.9. The number of likely N-dealkylation sites (tertiary alicyclic amines) is 1. The Bertz CT molecular complexity index is 497. The Balaban J connectivity index is 0.00000225. The van der Waals surface area contributed by atoms with Crippen LogP contribution in [-0.4, -0.2) is 61.5 Å². The third kappa shape index (κ3) is 6.74. The van der Waals surface area contributed by atoms with E-state index in [9.17, 15) is 0 Å². The number of nitrogens with zero attached hydrogens (tertiary/aromatic N) is 3. The van der Waals surface area contributed by atoms with Crippen LogP contribution in [-0.2, 0) is 11.3 Å². The van der Waals surface area contributed by atoms with Crippen LogP contribution in [0.3, 0.4) is 0 Å². The molecule has 2 saturated heterocycles. The minimum absolute atomic E-state index is 0. The van der Waals surface area contributed by atoms with Gasteiger partial charge in [0.15, 0.2) is 5.96 Å². The summed E-state index contributed by atoms with van der Waals surface area (Å²) in [5.74, 6) is 1.60. The zero-order chi connectivity index (χ0) is 16.6. The van der Waals surface area contributed by atoms with Crippen LogP contribution >= 0.6 is 24.0 Å². The molecule has 0 aliphatic carbocycles. The lowest BCUT2D eigenvalue weighted by molar-refractivity contribution is 0.150. The van der Waals surface area contributed by atoms with Crippen molar-refractivity contribution in [2.45, 2.75) is 38.8 Å². The molecule has 0 amide bonds. The fourth-order valence-electron chi connectivity index (χ4n) is 3.34. The second kappa shape index (κ2) is 11.0. The Morgan fingerprint density at radius 3 is 2.84 bits per heavy atom. The summed E-state index contributed by atoms with van der Waals surface area (Å²) in [6.07, 6.45) is 5.11. The average Bonchev–Trinajstić information content (AvgIpc) is 3.28. The first-order chi connectivity index (χ1) is 11.8. The highest BCUT2D eigenvalue weighted by molar-refractivity contribution is 14.0. The average molecular weight is 463 g/mol. The monoisotopic (exact) mass is 463 g/mol. The van der Waals surface area contributed by atoms with Crippen molar-refractivity contribution in [2.75, 3.05) is 39.4 Å². The standard InChI is InChI=1S/C17H29N5O2.HI/c1-2-18-17(19-11-16-6-10-24-21-16)20-15-3-7-22(8-4-15)12-14-5-9-23-13-14;/h6,10,14-15H,2-5,7-9,11-13H2,1H3,(H2,18,19,20);1H. The third-order valence-electron chi connectivity index (χ3n) is 4.70. The predicted octanol–water partition coefficient (Wildman–Crippen LogP) is 1.85. The number of aliphatic imine (C=N–C) groups is 1. The maximum absolute atomic E-state index is 5.48. The molecule has 142 valence electrons. The van der Waals surface area contributed by atoms with Crippen LogP contribution in [0.15, 0.2) is 21.8 Å². The first-order valence-corrected chi connectivity index (χ1v) is 9.07. The number of aromatic nitrogens is 1. The Hall–Kier alpha value is -0.870. The summed E-state index contributed by atoms with van der Waals surface area (Å²) in [5.41, 5.74) is 0.848. The van der Waals surface area contributed by atoms with Gasteiger partial charge in [-0.05, 0) is 32.1 Å². The van der Waals surface area contributed by atoms with Gasteiger partial charge < -0.3 is 24.8 Å². The van der Waals surface area contributed by atoms with E-state index in [4.69, 9.17) is 9.26 Å². The van der Waals surface area contributed by atoms with Gasteiger partial charge in [0, 0.05) is 44.9 Å². The van der Waals surface area contributed by atoms with Crippen molar-refractivity contribution in [2.24, 2.45) is 10.9 Å². The van der Waals surface area contributed by atoms with Gasteiger partial charge in [-0.1, -0.05) is 5.16 Å². The molecule has 0 spiro atoms. The van der Waals surface area contributed by atoms with Gasteiger partial charge in [0.05, 0.1) is 13.2 Å². The van der Waals surface area contributed by atoms with Gasteiger partial charge in [-0.25, -0.2) is 4.99 Å². The number of rotatable bonds is 6. The molecule has 0 aromatic carbocycles. The maximum Gasteiger partial charge on any atom is 0.191 e. The van der Waals surface area contributed by atoms with Crippen LogP contribution < -0.4 is 10.6 Å². The number of ether oxygens (including phenoxy) is 1. The van der Waals surface area contributed by atoms with Gasteiger partial charge in [0.1, 0.15) is 12.0 Å². The van der Waals surface area contributed by atoms with Gasteiger partial charge in [-0.2, -0.15) is 0 Å². The number of piperidine rings is 1. The summed E-state index contributed by atoms with van der Waals surface area (Å²) in [5, 5.41) is 10.8. The highest BCUT2D eigenvalue weighted by Crippen LogP contribution is 2.17. The van der Waals surface area contributed by atoms with Crippen LogP contribution in [0.4, 0.5) is 0 Å². The van der Waals surface area contributed by atoms with Crippen LogP contribution in [0.5, 0.6) is 0 Å². The Morgan fingerprint density at radius 2 is 2.20 bits per heavy atom. The number of hydrogen-bond acceptors (Lipinski definition) is 5. The minimum atomic E-state index is 0. The van der Waals surface area contributed by atoms with Crippen LogP contribution in [0, 0.1) is 5.92 Å². The second-order valence-electron chi connectivity index (χ2n) is 6.63. The first kappa shape index (κ1) is 20.4. The summed E-state index contributed by atoms with van der Waals surface area (Å²) in [6, 6.07) is 2.33. The fraction of sp³-hybridized carbons (Fsp3) is 0.765. The summed E-state index contributed by atoms with van der Waals surface area (Å²) in [6.45, 7) is 8.84. The number of guanidine groups is 1. The molecule has 2 aliphatic rings. The smallest absolute Gasteiger partial charge is 0.191 e. The molecular formula is C17H30IN5O2. The van der Waals surface area contributed by atoms with Gasteiger partial charge in [0.25, 0.3) is 0 Å². The molecule has 0 saturated carbocycles. The Morgan fingerprint density at radius 1 is 1.36 bits per heavy atom. The topological polar surface area (TPSA) is 74.9 Å². The number of hydrogen-bond donors (Lipinski definition) is 2. The lowest BCUT2D eigenvalue weighted by Crippen LogP contribution is -2.49. The van der Waals surface area contributed by atoms with Gasteiger partial charge in [-0.3, -0.25) is 0 Å². The van der Waals surface area contributed by atoms with E-state index in [2.05, 4.69) is 32.6 Å². The fourth-order valence-corrected chi connectivity index (χ4v) is 3.34. The van der Waals surface area contributed by atoms with E-state index in [1.54, 1.807) is 6.26 Å². The van der Waals surface area contributed by atoms with Crippen LogP contribution in [0.25, 0.3) is 0 Å². The molecule has 2 N–H and O–H groups in total. The maximum atomic E-state index is 5.48. The molecule has 2 fully saturated rings. The number of halogens is 1. The summed E-state index contributed by atoms with van der Waals surface area (Å²) >= 11 is 0. The first-order valence-electron chi connectivity index (χ1n) is 9.07. The highest BCUT2D eigenvalue weighted by Gasteiger charge is 2.24. The molecule has 2 aliphatic heterocycles. The molecule has 1 aromatic rings. The lowest BCUT2D eigenvalue weighted by atomic mass is 10.0. The summed E-state index contributed by atoms with van der Waals surface area (Å²) in [4.78, 5) is 7.17. The van der Waals surface area contributed by atoms with Crippen LogP contribution in [0.2, 0.25) is 0 Å². The van der Waals surface area contributed by atoms with E-state index in [0.29, 0.717) is 12.6 Å². The summed E-state index contributed by atoms with van der Waals surface area (Å²) in [7, 11) is 0. The number of nitrogens with one attached hydrogen (secondary N) is 2. The Kier molecular flexibility index (Phi) is 8.97. The molecule has 0 radical (unpaired) electrons. The van der Waals surface area contributed by atoms with Gasteiger partial charge >= 0.3 is 0 Å². The SMILES string of the molecule is CCNC(=NCc1ccon1)NC1CCN(CC2CCOC2)CC1.I. The molecule has 3 rings (SSSR count). The van der Waals surface area contributed by atoms with Crippen LogP contribution in [0.1, 0.15) is 31.9 Å². The van der Waals surface area contributed by atoms with E-state index in [-0.39, 0.29) is 24.0 Å². The van der Waals surface area contributed by atoms with E-state index < -0.39 is 0 Å². The van der Waals surface area contributed by atoms with Gasteiger partial charge in [0.2, 0.25) is 0 Å². The molecule has 0 bridgehead atoms. The van der Waals surface area contributed by atoms with Crippen molar-refractivity contribution in [3.63, 3.8) is 0 Å². The largest absolute Gasteiger partial charge is 0.381 e. The molecule has 1 aromatic heterocycles. The minimum Gasteiger partial charge on any atom is -0.381 e. The highest BCUT2D eigenvalue weighted by atomic mass is 127. The Labute approximate surface area is 167 Å². The predicted molar refractivity (Wildman–Crippen MR) is 108 cm³/mol. The second-order valence-corrected chi connectivity index (χ2v) is 6.63. The quantitative estimate of drug-likeness (QED) is 0.381. The van der Waals surface area contributed by atoms with E-state index in [1.165, 1.54) is 13.0 Å². The third-order valence-corrected chi connectivity index (χ3v) is 4.70. The normalized spacial score (nSPS) is 22.6. The molecule has 1 atom stereocenters. The van der Waals surface area contributed by atoms with E-state index in [0.717, 1.165) is 63.3 Å². The molecule has 25 heavy (non-hydrogen) atoms. The van der Waals surface area contributed by atoms with E-state index >= 15 is 0 Å². The van der Waals surface area contributed by atoms with Crippen molar-refractivity contribution in [3.05, 3.63) is 18.0 Å². The lowest BCUT2D eigenvalue weighted by Gasteiger charge is -2.34.